The summed E-state index contributed by atoms with van der Waals surface area (Å²) in [7, 11) is -4.07. The number of amides is 1. The molecule has 0 fully saturated rings. The minimum Gasteiger partial charge on any atom is -0.494 e. The zero-order chi connectivity index (χ0) is 25.4. The van der Waals surface area contributed by atoms with Gasteiger partial charge in [-0.3, -0.25) is 9.59 Å². The Balaban J connectivity index is 2.09. The number of ether oxygens (including phenoxy) is 1. The lowest BCUT2D eigenvalue weighted by Gasteiger charge is -2.29. The topological polar surface area (TPSA) is 174 Å². The van der Waals surface area contributed by atoms with Crippen molar-refractivity contribution in [2.24, 2.45) is 16.5 Å². The van der Waals surface area contributed by atoms with E-state index in [0.717, 1.165) is 0 Å². The summed E-state index contributed by atoms with van der Waals surface area (Å²) in [5.74, 6) is -1.46. The van der Waals surface area contributed by atoms with Crippen molar-refractivity contribution in [3.05, 3.63) is 59.7 Å². The van der Waals surface area contributed by atoms with Crippen molar-refractivity contribution in [2.75, 3.05) is 6.61 Å². The third-order valence-electron chi connectivity index (χ3n) is 5.21. The van der Waals surface area contributed by atoms with Crippen LogP contribution in [0.5, 0.6) is 5.75 Å². The molecule has 0 bridgehead atoms. The fraction of sp³-hybridized carbons (Fsp3) is 0.348. The van der Waals surface area contributed by atoms with Crippen molar-refractivity contribution in [3.8, 4) is 5.75 Å². The molecule has 0 saturated carbocycles. The first kappa shape index (κ1) is 26.8. The molecular weight excluding hydrogens is 460 g/mol. The predicted octanol–water partition coefficient (Wildman–Crippen LogP) is 1.71. The lowest BCUT2D eigenvalue weighted by Crippen LogP contribution is -2.55. The summed E-state index contributed by atoms with van der Waals surface area (Å²) in [4.78, 5) is 27.1. The number of nitrogens with one attached hydrogen (secondary N) is 1. The Bertz CT molecular complexity index is 1140. The first-order valence-corrected chi connectivity index (χ1v) is 12.1. The Morgan fingerprint density at radius 1 is 1.12 bits per heavy atom. The summed E-state index contributed by atoms with van der Waals surface area (Å²) < 4.78 is 34.0. The van der Waals surface area contributed by atoms with Gasteiger partial charge in [-0.05, 0) is 49.1 Å². The third-order valence-corrected chi connectivity index (χ3v) is 6.91. The van der Waals surface area contributed by atoms with E-state index >= 15 is 0 Å². The van der Waals surface area contributed by atoms with Crippen LogP contribution in [0.25, 0.3) is 0 Å². The lowest BCUT2D eigenvalue weighted by atomic mass is 9.89. The number of aliphatic imine (C=N–C) groups is 1. The summed E-state index contributed by atoms with van der Waals surface area (Å²) in [6.45, 7) is 3.53. The van der Waals surface area contributed by atoms with Gasteiger partial charge < -0.3 is 21.3 Å². The molecule has 0 aliphatic heterocycles. The van der Waals surface area contributed by atoms with E-state index in [1.807, 2.05) is 0 Å². The number of rotatable bonds is 12. The highest BCUT2D eigenvalue weighted by Crippen LogP contribution is 2.24. The molecule has 0 heterocycles. The normalized spacial score (nSPS) is 13.0. The molecule has 0 radical (unpaired) electrons. The molecule has 184 valence electrons. The van der Waals surface area contributed by atoms with E-state index in [2.05, 4.69) is 9.71 Å². The zero-order valence-corrected chi connectivity index (χ0v) is 20.0. The molecule has 10 nitrogen and oxygen atoms in total. The quantitative estimate of drug-likeness (QED) is 0.197. The maximum absolute atomic E-state index is 13.0. The van der Waals surface area contributed by atoms with Gasteiger partial charge in [0, 0.05) is 12.8 Å². The van der Waals surface area contributed by atoms with Crippen LogP contribution in [0.1, 0.15) is 37.3 Å². The number of nitrogens with two attached hydrogens (primary N) is 2. The van der Waals surface area contributed by atoms with E-state index in [1.54, 1.807) is 56.3 Å². The molecule has 1 atom stereocenters. The van der Waals surface area contributed by atoms with Crippen LogP contribution in [0, 0.1) is 6.92 Å². The van der Waals surface area contributed by atoms with E-state index < -0.39 is 27.4 Å². The Morgan fingerprint density at radius 2 is 1.76 bits per heavy atom. The molecule has 6 N–H and O–H groups in total. The summed E-state index contributed by atoms with van der Waals surface area (Å²) in [5, 5.41) is 9.96. The van der Waals surface area contributed by atoms with Crippen LogP contribution in [0.3, 0.4) is 0 Å². The molecule has 0 aliphatic carbocycles. The monoisotopic (exact) mass is 490 g/mol. The molecule has 11 heteroatoms. The number of hydrogen-bond acceptors (Lipinski definition) is 5. The Kier molecular flexibility index (Phi) is 9.16. The molecule has 0 unspecified atom stereocenters. The zero-order valence-electron chi connectivity index (χ0n) is 19.2. The average Bonchev–Trinajstić information content (AvgIpc) is 2.76. The average molecular weight is 491 g/mol. The van der Waals surface area contributed by atoms with Crippen molar-refractivity contribution >= 4 is 27.9 Å². The SMILES string of the molecule is CC[C@@](Cc1ccc(OCCCC(=O)N=C(N)N)cc1)(NS(=O)(=O)c1ccccc1C)C(=O)O. The fourth-order valence-corrected chi connectivity index (χ4v) is 5.02. The molecule has 2 aromatic carbocycles. The van der Waals surface area contributed by atoms with Crippen LogP contribution < -0.4 is 20.9 Å². The third kappa shape index (κ3) is 7.29. The smallest absolute Gasteiger partial charge is 0.325 e. The van der Waals surface area contributed by atoms with Gasteiger partial charge in [0.1, 0.15) is 11.3 Å². The van der Waals surface area contributed by atoms with Gasteiger partial charge in [0.15, 0.2) is 5.96 Å². The number of guanidine groups is 1. The lowest BCUT2D eigenvalue weighted by molar-refractivity contribution is -0.144. The van der Waals surface area contributed by atoms with Gasteiger partial charge in [-0.2, -0.15) is 9.71 Å². The molecule has 34 heavy (non-hydrogen) atoms. The largest absolute Gasteiger partial charge is 0.494 e. The fourth-order valence-electron chi connectivity index (χ4n) is 3.34. The van der Waals surface area contributed by atoms with Gasteiger partial charge >= 0.3 is 5.97 Å². The number of sulfonamides is 1. The summed E-state index contributed by atoms with van der Waals surface area (Å²) in [6.07, 6.45) is 0.525. The number of benzene rings is 2. The van der Waals surface area contributed by atoms with Crippen molar-refractivity contribution in [3.63, 3.8) is 0 Å². The molecule has 0 spiro atoms. The Labute approximate surface area is 199 Å². The van der Waals surface area contributed by atoms with Gasteiger partial charge in [-0.1, -0.05) is 37.3 Å². The highest BCUT2D eigenvalue weighted by atomic mass is 32.2. The minimum absolute atomic E-state index is 0.0372. The van der Waals surface area contributed by atoms with Crippen LogP contribution in [-0.2, 0) is 26.0 Å². The summed E-state index contributed by atoms with van der Waals surface area (Å²) in [6, 6.07) is 13.1. The molecule has 2 aromatic rings. The van der Waals surface area contributed by atoms with E-state index in [9.17, 15) is 23.1 Å². The van der Waals surface area contributed by atoms with Gasteiger partial charge in [-0.25, -0.2) is 8.42 Å². The first-order valence-electron chi connectivity index (χ1n) is 10.7. The van der Waals surface area contributed by atoms with Gasteiger partial charge in [-0.15, -0.1) is 0 Å². The molecule has 0 aliphatic rings. The summed E-state index contributed by atoms with van der Waals surface area (Å²) >= 11 is 0. The standard InChI is InChI=1S/C23H30N4O6S/c1-3-23(21(29)30,27-34(31,32)19-8-5-4-7-16(19)2)15-17-10-12-18(13-11-17)33-14-6-9-20(28)26-22(24)25/h4-5,7-8,10-13,27H,3,6,9,14-15H2,1-2H3,(H,29,30)(H4,24,25,26,28)/t23-/m0/s1. The minimum atomic E-state index is -4.07. The van der Waals surface area contributed by atoms with E-state index in [-0.39, 0.29) is 36.7 Å². The molecular formula is C23H30N4O6S. The van der Waals surface area contributed by atoms with E-state index in [0.29, 0.717) is 23.3 Å². The predicted molar refractivity (Wildman–Crippen MR) is 128 cm³/mol. The van der Waals surface area contributed by atoms with Gasteiger partial charge in [0.05, 0.1) is 11.5 Å². The van der Waals surface area contributed by atoms with Crippen LogP contribution in [0.4, 0.5) is 0 Å². The second-order valence-electron chi connectivity index (χ2n) is 7.81. The highest BCUT2D eigenvalue weighted by molar-refractivity contribution is 7.89. The Hall–Kier alpha value is -3.44. The molecule has 0 saturated heterocycles. The molecule has 1 amide bonds. The van der Waals surface area contributed by atoms with Crippen LogP contribution >= 0.6 is 0 Å². The van der Waals surface area contributed by atoms with Crippen LogP contribution in [0.15, 0.2) is 58.4 Å². The van der Waals surface area contributed by atoms with Crippen molar-refractivity contribution in [1.29, 1.82) is 0 Å². The highest BCUT2D eigenvalue weighted by Gasteiger charge is 2.41. The number of hydrogen-bond donors (Lipinski definition) is 4. The van der Waals surface area contributed by atoms with Gasteiger partial charge in [0.25, 0.3) is 0 Å². The van der Waals surface area contributed by atoms with Crippen molar-refractivity contribution < 1.29 is 27.9 Å². The number of aliphatic carboxylic acids is 1. The maximum Gasteiger partial charge on any atom is 0.325 e. The van der Waals surface area contributed by atoms with Gasteiger partial charge in [0.2, 0.25) is 15.9 Å². The second-order valence-corrected chi connectivity index (χ2v) is 9.47. The van der Waals surface area contributed by atoms with Crippen molar-refractivity contribution in [1.82, 2.24) is 4.72 Å². The number of carboxylic acid groups (broad SMARTS) is 1. The maximum atomic E-state index is 13.0. The number of aryl methyl sites for hydroxylation is 1. The van der Waals surface area contributed by atoms with Crippen molar-refractivity contribution in [2.45, 2.75) is 50.0 Å². The molecule has 2 rings (SSSR count). The number of carbonyl (C=O) groups excluding carboxylic acids is 1. The number of carbonyl (C=O) groups is 2. The number of nitrogens with zero attached hydrogens (tertiary/aromatic N) is 1. The van der Waals surface area contributed by atoms with E-state index in [4.69, 9.17) is 16.2 Å². The summed E-state index contributed by atoms with van der Waals surface area (Å²) in [5.41, 5.74) is 9.70. The second kappa shape index (κ2) is 11.6. The van der Waals surface area contributed by atoms with Crippen LogP contribution in [-0.4, -0.2) is 43.5 Å². The van der Waals surface area contributed by atoms with Crippen LogP contribution in [0.2, 0.25) is 0 Å². The Morgan fingerprint density at radius 3 is 2.32 bits per heavy atom. The van der Waals surface area contributed by atoms with E-state index in [1.165, 1.54) is 6.07 Å². The first-order chi connectivity index (χ1) is 16.0. The number of carboxylic acids is 1. The molecule has 0 aromatic heterocycles.